The third kappa shape index (κ3) is 4.62. The summed E-state index contributed by atoms with van der Waals surface area (Å²) in [6, 6.07) is 21.5. The number of benzene rings is 3. The quantitative estimate of drug-likeness (QED) is 0.193. The van der Waals surface area contributed by atoms with Gasteiger partial charge in [-0.05, 0) is 35.9 Å². The molecule has 3 rings (SSSR count). The van der Waals surface area contributed by atoms with Gasteiger partial charge >= 0.3 is 0 Å². The largest absolute Gasteiger partial charge is 0.497 e. The van der Waals surface area contributed by atoms with Crippen LogP contribution in [-0.4, -0.2) is 17.8 Å². The van der Waals surface area contributed by atoms with Gasteiger partial charge in [0.25, 0.3) is 5.69 Å². The maximum Gasteiger partial charge on any atom is 0.269 e. The van der Waals surface area contributed by atoms with Crippen LogP contribution in [0.15, 0.2) is 84.6 Å². The van der Waals surface area contributed by atoms with Crippen molar-refractivity contribution < 1.29 is 19.2 Å². The highest BCUT2D eigenvalue weighted by Crippen LogP contribution is 2.23. The molecule has 0 heterocycles. The van der Waals surface area contributed by atoms with Gasteiger partial charge in [0.05, 0.1) is 12.0 Å². The molecule has 6 nitrogen and oxygen atoms in total. The van der Waals surface area contributed by atoms with Crippen molar-refractivity contribution in [3.05, 3.63) is 106 Å². The summed E-state index contributed by atoms with van der Waals surface area (Å²) in [5.41, 5.74) is 1.17. The number of rotatable bonds is 7. The summed E-state index contributed by atoms with van der Waals surface area (Å²) < 4.78 is 10.9. The topological polar surface area (TPSA) is 78.7 Å². The SMILES string of the molecule is COc1ccc(/C=C(\Oc2ccc([N+](=O)[O-])cc2)C(=O)c2ccccc2)cc1. The zero-order chi connectivity index (χ0) is 19.9. The van der Waals surface area contributed by atoms with Crippen LogP contribution in [0, 0.1) is 10.1 Å². The van der Waals surface area contributed by atoms with E-state index in [1.807, 2.05) is 6.07 Å². The van der Waals surface area contributed by atoms with Crippen molar-refractivity contribution in [2.75, 3.05) is 7.11 Å². The van der Waals surface area contributed by atoms with Crippen molar-refractivity contribution in [1.29, 1.82) is 0 Å². The number of nitrogens with zero attached hydrogens (tertiary/aromatic N) is 1. The molecule has 0 radical (unpaired) electrons. The molecule has 6 heteroatoms. The fourth-order valence-corrected chi connectivity index (χ4v) is 2.49. The van der Waals surface area contributed by atoms with E-state index < -0.39 is 4.92 Å². The fraction of sp³-hybridized carbons (Fsp3) is 0.0455. The summed E-state index contributed by atoms with van der Waals surface area (Å²) in [6.45, 7) is 0. The van der Waals surface area contributed by atoms with Crippen molar-refractivity contribution in [2.45, 2.75) is 0 Å². The van der Waals surface area contributed by atoms with E-state index in [4.69, 9.17) is 9.47 Å². The van der Waals surface area contributed by atoms with Crippen LogP contribution in [0.1, 0.15) is 15.9 Å². The number of nitro groups is 1. The number of allylic oxidation sites excluding steroid dienone is 1. The molecule has 0 aromatic heterocycles. The van der Waals surface area contributed by atoms with Crippen LogP contribution in [0.3, 0.4) is 0 Å². The van der Waals surface area contributed by atoms with Gasteiger partial charge in [-0.2, -0.15) is 0 Å². The van der Waals surface area contributed by atoms with Crippen molar-refractivity contribution in [3.8, 4) is 11.5 Å². The first-order chi connectivity index (χ1) is 13.6. The molecule has 0 N–H and O–H groups in total. The van der Waals surface area contributed by atoms with E-state index in [0.29, 0.717) is 17.1 Å². The van der Waals surface area contributed by atoms with Gasteiger partial charge in [0, 0.05) is 17.7 Å². The maximum atomic E-state index is 12.9. The standard InChI is InChI=1S/C22H17NO5/c1-27-19-11-7-16(8-12-19)15-21(22(24)17-5-3-2-4-6-17)28-20-13-9-18(10-14-20)23(25)26/h2-15H,1H3/b21-15-. The molecular weight excluding hydrogens is 358 g/mol. The molecule has 0 unspecified atom stereocenters. The van der Waals surface area contributed by atoms with Crippen LogP contribution in [0.4, 0.5) is 5.69 Å². The van der Waals surface area contributed by atoms with E-state index in [9.17, 15) is 14.9 Å². The molecule has 0 saturated heterocycles. The number of methoxy groups -OCH3 is 1. The van der Waals surface area contributed by atoms with Crippen LogP contribution < -0.4 is 9.47 Å². The van der Waals surface area contributed by atoms with Gasteiger partial charge in [0.1, 0.15) is 11.5 Å². The van der Waals surface area contributed by atoms with Crippen LogP contribution in [0.5, 0.6) is 11.5 Å². The number of carbonyl (C=O) groups excluding carboxylic acids is 1. The smallest absolute Gasteiger partial charge is 0.269 e. The van der Waals surface area contributed by atoms with Crippen LogP contribution in [-0.2, 0) is 0 Å². The monoisotopic (exact) mass is 375 g/mol. The highest BCUT2D eigenvalue weighted by Gasteiger charge is 2.16. The lowest BCUT2D eigenvalue weighted by Crippen LogP contribution is -2.09. The molecule has 0 aliphatic heterocycles. The summed E-state index contributed by atoms with van der Waals surface area (Å²) >= 11 is 0. The molecule has 3 aromatic carbocycles. The minimum atomic E-state index is -0.493. The molecule has 28 heavy (non-hydrogen) atoms. The average Bonchev–Trinajstić information content (AvgIpc) is 2.74. The molecule has 3 aromatic rings. The number of ketones is 1. The number of Topliss-reactive ketones (excluding diaryl/α,β-unsaturated/α-hetero) is 1. The predicted octanol–water partition coefficient (Wildman–Crippen LogP) is 4.91. The van der Waals surface area contributed by atoms with Crippen LogP contribution in [0.25, 0.3) is 6.08 Å². The number of ether oxygens (including phenoxy) is 2. The van der Waals surface area contributed by atoms with Crippen LogP contribution in [0.2, 0.25) is 0 Å². The molecule has 0 amide bonds. The normalized spacial score (nSPS) is 11.0. The van der Waals surface area contributed by atoms with E-state index in [2.05, 4.69) is 0 Å². The van der Waals surface area contributed by atoms with Gasteiger partial charge < -0.3 is 9.47 Å². The average molecular weight is 375 g/mol. The maximum absolute atomic E-state index is 12.9. The summed E-state index contributed by atoms with van der Waals surface area (Å²) in [5.74, 6) is 0.832. The van der Waals surface area contributed by atoms with Crippen LogP contribution >= 0.6 is 0 Å². The highest BCUT2D eigenvalue weighted by atomic mass is 16.6. The van der Waals surface area contributed by atoms with E-state index in [0.717, 1.165) is 5.56 Å². The fourth-order valence-electron chi connectivity index (χ4n) is 2.49. The Labute approximate surface area is 161 Å². The molecule has 0 fully saturated rings. The van der Waals surface area contributed by atoms with Crippen molar-refractivity contribution in [1.82, 2.24) is 0 Å². The first kappa shape index (κ1) is 18.8. The molecule has 0 bridgehead atoms. The zero-order valence-electron chi connectivity index (χ0n) is 15.1. The Kier molecular flexibility index (Phi) is 5.81. The zero-order valence-corrected chi connectivity index (χ0v) is 15.1. The molecular formula is C22H17NO5. The predicted molar refractivity (Wildman–Crippen MR) is 105 cm³/mol. The lowest BCUT2D eigenvalue weighted by molar-refractivity contribution is -0.384. The first-order valence-electron chi connectivity index (χ1n) is 8.44. The Morgan fingerprint density at radius 3 is 2.07 bits per heavy atom. The van der Waals surface area contributed by atoms with Gasteiger partial charge in [-0.3, -0.25) is 14.9 Å². The van der Waals surface area contributed by atoms with E-state index >= 15 is 0 Å². The summed E-state index contributed by atoms with van der Waals surface area (Å²) in [5, 5.41) is 10.8. The van der Waals surface area contributed by atoms with Gasteiger partial charge in [0.2, 0.25) is 5.78 Å². The second-order valence-corrected chi connectivity index (χ2v) is 5.83. The number of nitro benzene ring substituents is 1. The van der Waals surface area contributed by atoms with Crippen molar-refractivity contribution in [3.63, 3.8) is 0 Å². The Morgan fingerprint density at radius 1 is 0.893 bits per heavy atom. The van der Waals surface area contributed by atoms with Crippen molar-refractivity contribution in [2.24, 2.45) is 0 Å². The molecule has 0 aliphatic rings. The first-order valence-corrected chi connectivity index (χ1v) is 8.44. The molecule has 0 atom stereocenters. The van der Waals surface area contributed by atoms with E-state index in [1.165, 1.54) is 24.3 Å². The Balaban J connectivity index is 1.94. The molecule has 0 saturated carbocycles. The summed E-state index contributed by atoms with van der Waals surface area (Å²) in [4.78, 5) is 23.2. The van der Waals surface area contributed by atoms with Gasteiger partial charge in [-0.25, -0.2) is 0 Å². The van der Waals surface area contributed by atoms with Gasteiger partial charge in [-0.1, -0.05) is 42.5 Å². The van der Waals surface area contributed by atoms with Gasteiger partial charge in [0.15, 0.2) is 5.76 Å². The number of carbonyl (C=O) groups is 1. The lowest BCUT2D eigenvalue weighted by atomic mass is 10.1. The number of hydrogen-bond donors (Lipinski definition) is 0. The third-order valence-electron chi connectivity index (χ3n) is 3.95. The minimum absolute atomic E-state index is 0.0533. The Morgan fingerprint density at radius 2 is 1.50 bits per heavy atom. The summed E-state index contributed by atoms with van der Waals surface area (Å²) in [6.07, 6.45) is 1.62. The number of hydrogen-bond acceptors (Lipinski definition) is 5. The highest BCUT2D eigenvalue weighted by molar-refractivity contribution is 6.10. The summed E-state index contributed by atoms with van der Waals surface area (Å²) in [7, 11) is 1.58. The molecule has 140 valence electrons. The minimum Gasteiger partial charge on any atom is -0.497 e. The van der Waals surface area contributed by atoms with E-state index in [-0.39, 0.29) is 17.2 Å². The second kappa shape index (κ2) is 8.64. The second-order valence-electron chi connectivity index (χ2n) is 5.83. The molecule has 0 aliphatic carbocycles. The van der Waals surface area contributed by atoms with E-state index in [1.54, 1.807) is 61.7 Å². The molecule has 0 spiro atoms. The van der Waals surface area contributed by atoms with Crippen molar-refractivity contribution >= 4 is 17.5 Å². The third-order valence-corrected chi connectivity index (χ3v) is 3.95. The Bertz CT molecular complexity index is 993. The lowest BCUT2D eigenvalue weighted by Gasteiger charge is -2.10. The number of non-ortho nitro benzene ring substituents is 1. The van der Waals surface area contributed by atoms with Gasteiger partial charge in [-0.15, -0.1) is 0 Å². The Hall–Kier alpha value is -3.93.